The van der Waals surface area contributed by atoms with Crippen molar-refractivity contribution in [1.29, 1.82) is 0 Å². The lowest BCUT2D eigenvalue weighted by atomic mass is 10.1. The first-order chi connectivity index (χ1) is 13.2. The molecule has 2 aromatic rings. The third kappa shape index (κ3) is 5.19. The Labute approximate surface area is 167 Å². The maximum atomic E-state index is 12.7. The van der Waals surface area contributed by atoms with Gasteiger partial charge in [0.2, 0.25) is 10.0 Å². The van der Waals surface area contributed by atoms with E-state index in [1.165, 1.54) is 10.6 Å². The van der Waals surface area contributed by atoms with Gasteiger partial charge in [-0.1, -0.05) is 24.3 Å². The van der Waals surface area contributed by atoms with Gasteiger partial charge in [0.15, 0.2) is 0 Å². The zero-order chi connectivity index (χ0) is 20.3. The average Bonchev–Trinajstić information content (AvgIpc) is 2.64. The van der Waals surface area contributed by atoms with E-state index in [2.05, 4.69) is 10.2 Å². The molecule has 150 valence electrons. The van der Waals surface area contributed by atoms with Crippen molar-refractivity contribution in [1.82, 2.24) is 9.21 Å². The predicted octanol–water partition coefficient (Wildman–Crippen LogP) is 2.63. The van der Waals surface area contributed by atoms with Crippen LogP contribution >= 0.6 is 0 Å². The van der Waals surface area contributed by atoms with Gasteiger partial charge in [0.05, 0.1) is 6.26 Å². The molecule has 2 aromatic carbocycles. The summed E-state index contributed by atoms with van der Waals surface area (Å²) in [5.74, 6) is -0.127. The van der Waals surface area contributed by atoms with E-state index < -0.39 is 10.0 Å². The van der Waals surface area contributed by atoms with Gasteiger partial charge in [-0.3, -0.25) is 9.69 Å². The first-order valence-electron chi connectivity index (χ1n) is 9.37. The van der Waals surface area contributed by atoms with Gasteiger partial charge < -0.3 is 5.32 Å². The van der Waals surface area contributed by atoms with Gasteiger partial charge in [0.25, 0.3) is 5.91 Å². The molecule has 0 aliphatic carbocycles. The number of aryl methyl sites for hydroxylation is 2. The Balaban J connectivity index is 1.64. The maximum absolute atomic E-state index is 12.7. The van der Waals surface area contributed by atoms with Gasteiger partial charge in [-0.25, -0.2) is 8.42 Å². The molecule has 1 fully saturated rings. The quantitative estimate of drug-likeness (QED) is 0.836. The first kappa shape index (κ1) is 20.5. The Hall–Kier alpha value is -2.22. The van der Waals surface area contributed by atoms with Crippen molar-refractivity contribution < 1.29 is 13.2 Å². The molecule has 0 bridgehead atoms. The van der Waals surface area contributed by atoms with Gasteiger partial charge in [0, 0.05) is 44.0 Å². The van der Waals surface area contributed by atoms with Gasteiger partial charge in [-0.15, -0.1) is 0 Å². The van der Waals surface area contributed by atoms with Crippen LogP contribution in [0.3, 0.4) is 0 Å². The summed E-state index contributed by atoms with van der Waals surface area (Å²) in [7, 11) is -3.12. The summed E-state index contributed by atoms with van der Waals surface area (Å²) < 4.78 is 24.8. The van der Waals surface area contributed by atoms with Gasteiger partial charge >= 0.3 is 0 Å². The van der Waals surface area contributed by atoms with Crippen LogP contribution in [0, 0.1) is 13.8 Å². The van der Waals surface area contributed by atoms with Gasteiger partial charge in [-0.05, 0) is 48.7 Å². The largest absolute Gasteiger partial charge is 0.322 e. The van der Waals surface area contributed by atoms with Crippen LogP contribution in [0.15, 0.2) is 42.5 Å². The number of rotatable bonds is 5. The number of anilines is 1. The molecule has 1 aliphatic heterocycles. The second-order valence-electron chi connectivity index (χ2n) is 7.41. The Kier molecular flexibility index (Phi) is 6.17. The summed E-state index contributed by atoms with van der Waals surface area (Å²) in [5.41, 5.74) is 4.61. The normalized spacial score (nSPS) is 16.1. The topological polar surface area (TPSA) is 69.7 Å². The number of nitrogens with zero attached hydrogens (tertiary/aromatic N) is 2. The molecule has 0 atom stereocenters. The minimum Gasteiger partial charge on any atom is -0.322 e. The molecular weight excluding hydrogens is 374 g/mol. The molecule has 28 heavy (non-hydrogen) atoms. The number of piperazine rings is 1. The lowest BCUT2D eigenvalue weighted by Crippen LogP contribution is -2.47. The lowest BCUT2D eigenvalue weighted by molar-refractivity contribution is 0.102. The number of amides is 1. The fourth-order valence-corrected chi connectivity index (χ4v) is 4.18. The Bertz CT molecular complexity index is 965. The highest BCUT2D eigenvalue weighted by molar-refractivity contribution is 7.88. The summed E-state index contributed by atoms with van der Waals surface area (Å²) in [6, 6.07) is 13.6. The SMILES string of the molecule is Cc1ccc(C)c(NC(=O)c2cccc(CN3CCN(S(C)(=O)=O)CC3)c2)c1. The average molecular weight is 402 g/mol. The monoisotopic (exact) mass is 401 g/mol. The van der Waals surface area contributed by atoms with E-state index in [-0.39, 0.29) is 5.91 Å². The van der Waals surface area contributed by atoms with Crippen LogP contribution in [0.2, 0.25) is 0 Å². The predicted molar refractivity (Wildman–Crippen MR) is 112 cm³/mol. The molecule has 1 heterocycles. The van der Waals surface area contributed by atoms with E-state index in [1.54, 1.807) is 0 Å². The summed E-state index contributed by atoms with van der Waals surface area (Å²) in [6.07, 6.45) is 1.25. The number of hydrogen-bond acceptors (Lipinski definition) is 4. The summed E-state index contributed by atoms with van der Waals surface area (Å²) in [4.78, 5) is 14.9. The first-order valence-corrected chi connectivity index (χ1v) is 11.2. The molecule has 0 spiro atoms. The zero-order valence-corrected chi connectivity index (χ0v) is 17.4. The minimum atomic E-state index is -3.12. The molecule has 1 aliphatic rings. The van der Waals surface area contributed by atoms with Crippen molar-refractivity contribution in [2.45, 2.75) is 20.4 Å². The highest BCUT2D eigenvalue weighted by atomic mass is 32.2. The van der Waals surface area contributed by atoms with Crippen LogP contribution in [0.25, 0.3) is 0 Å². The van der Waals surface area contributed by atoms with E-state index in [4.69, 9.17) is 0 Å². The van der Waals surface area contributed by atoms with E-state index in [0.29, 0.717) is 38.3 Å². The molecule has 1 amide bonds. The Morgan fingerprint density at radius 1 is 1.04 bits per heavy atom. The molecule has 1 N–H and O–H groups in total. The standard InChI is InChI=1S/C21H27N3O3S/c1-16-7-8-17(2)20(13-16)22-21(25)19-6-4-5-18(14-19)15-23-9-11-24(12-10-23)28(3,26)27/h4-8,13-14H,9-12,15H2,1-3H3,(H,22,25). The van der Waals surface area contributed by atoms with Crippen LogP contribution in [0.1, 0.15) is 27.0 Å². The van der Waals surface area contributed by atoms with Crippen LogP contribution in [-0.4, -0.2) is 56.0 Å². The van der Waals surface area contributed by atoms with E-state index in [0.717, 1.165) is 22.4 Å². The van der Waals surface area contributed by atoms with Gasteiger partial charge in [-0.2, -0.15) is 4.31 Å². The summed E-state index contributed by atoms with van der Waals surface area (Å²) in [5, 5.41) is 2.99. The fourth-order valence-electron chi connectivity index (χ4n) is 3.35. The summed E-state index contributed by atoms with van der Waals surface area (Å²) >= 11 is 0. The number of carbonyl (C=O) groups excluding carboxylic acids is 1. The smallest absolute Gasteiger partial charge is 0.255 e. The van der Waals surface area contributed by atoms with E-state index >= 15 is 0 Å². The van der Waals surface area contributed by atoms with Crippen molar-refractivity contribution in [3.8, 4) is 0 Å². The van der Waals surface area contributed by atoms with E-state index in [9.17, 15) is 13.2 Å². The van der Waals surface area contributed by atoms with Crippen LogP contribution < -0.4 is 5.32 Å². The van der Waals surface area contributed by atoms with Crippen molar-refractivity contribution >= 4 is 21.6 Å². The van der Waals surface area contributed by atoms with Crippen molar-refractivity contribution in [2.75, 3.05) is 37.8 Å². The number of carbonyl (C=O) groups is 1. The molecule has 3 rings (SSSR count). The van der Waals surface area contributed by atoms with Crippen LogP contribution in [0.4, 0.5) is 5.69 Å². The molecule has 1 saturated heterocycles. The minimum absolute atomic E-state index is 0.127. The molecule has 0 radical (unpaired) electrons. The van der Waals surface area contributed by atoms with Gasteiger partial charge in [0.1, 0.15) is 0 Å². The van der Waals surface area contributed by atoms with Crippen molar-refractivity contribution in [2.24, 2.45) is 0 Å². The summed E-state index contributed by atoms with van der Waals surface area (Å²) in [6.45, 7) is 7.05. The number of hydrogen-bond donors (Lipinski definition) is 1. The molecule has 6 nitrogen and oxygen atoms in total. The second-order valence-corrected chi connectivity index (χ2v) is 9.39. The molecular formula is C21H27N3O3S. The highest BCUT2D eigenvalue weighted by Gasteiger charge is 2.23. The lowest BCUT2D eigenvalue weighted by Gasteiger charge is -2.33. The molecule has 0 aromatic heterocycles. The second kappa shape index (κ2) is 8.43. The maximum Gasteiger partial charge on any atom is 0.255 e. The number of nitrogens with one attached hydrogen (secondary N) is 1. The third-order valence-corrected chi connectivity index (χ3v) is 6.34. The highest BCUT2D eigenvalue weighted by Crippen LogP contribution is 2.18. The van der Waals surface area contributed by atoms with Crippen LogP contribution in [0.5, 0.6) is 0 Å². The molecule has 0 saturated carbocycles. The third-order valence-electron chi connectivity index (χ3n) is 5.04. The zero-order valence-electron chi connectivity index (χ0n) is 16.6. The van der Waals surface area contributed by atoms with Crippen molar-refractivity contribution in [3.63, 3.8) is 0 Å². The fraction of sp³-hybridized carbons (Fsp3) is 0.381. The van der Waals surface area contributed by atoms with Crippen molar-refractivity contribution in [3.05, 3.63) is 64.7 Å². The number of benzene rings is 2. The molecule has 0 unspecified atom stereocenters. The Morgan fingerprint density at radius 3 is 2.43 bits per heavy atom. The Morgan fingerprint density at radius 2 is 1.75 bits per heavy atom. The van der Waals surface area contributed by atoms with E-state index in [1.807, 2.05) is 56.3 Å². The number of sulfonamides is 1. The molecule has 7 heteroatoms. The van der Waals surface area contributed by atoms with Crippen LogP contribution in [-0.2, 0) is 16.6 Å².